The molecule has 1 heterocycles. The van der Waals surface area contributed by atoms with Crippen LogP contribution in [0.1, 0.15) is 37.9 Å². The fourth-order valence-electron chi connectivity index (χ4n) is 2.29. The minimum atomic E-state index is -3.30. The number of imidazole rings is 1. The van der Waals surface area contributed by atoms with E-state index in [1.54, 1.807) is 12.1 Å². The highest BCUT2D eigenvalue weighted by Crippen LogP contribution is 2.28. The van der Waals surface area contributed by atoms with E-state index in [1.807, 2.05) is 17.6 Å². The van der Waals surface area contributed by atoms with Gasteiger partial charge in [-0.05, 0) is 25.5 Å². The third-order valence-electron chi connectivity index (χ3n) is 3.26. The summed E-state index contributed by atoms with van der Waals surface area (Å²) in [6, 6.07) is 5.25. The monoisotopic (exact) mass is 314 g/mol. The van der Waals surface area contributed by atoms with Crippen molar-refractivity contribution >= 4 is 32.5 Å². The van der Waals surface area contributed by atoms with Crippen LogP contribution in [0.3, 0.4) is 0 Å². The summed E-state index contributed by atoms with van der Waals surface area (Å²) < 4.78 is 25.8. The van der Waals surface area contributed by atoms with Gasteiger partial charge in [0.1, 0.15) is 11.3 Å². The minimum absolute atomic E-state index is 0.258. The molecule has 2 rings (SSSR count). The first-order valence-electron chi connectivity index (χ1n) is 6.69. The lowest BCUT2D eigenvalue weighted by Crippen LogP contribution is -2.04. The maximum absolute atomic E-state index is 11.9. The number of benzene rings is 1. The van der Waals surface area contributed by atoms with Gasteiger partial charge >= 0.3 is 0 Å². The van der Waals surface area contributed by atoms with Gasteiger partial charge in [0.15, 0.2) is 9.84 Å². The first kappa shape index (κ1) is 15.3. The quantitative estimate of drug-likeness (QED) is 0.793. The van der Waals surface area contributed by atoms with Crippen LogP contribution in [0.5, 0.6) is 0 Å². The Kier molecular flexibility index (Phi) is 4.39. The van der Waals surface area contributed by atoms with Gasteiger partial charge in [-0.15, -0.1) is 11.6 Å². The van der Waals surface area contributed by atoms with Gasteiger partial charge in [-0.1, -0.05) is 19.4 Å². The summed E-state index contributed by atoms with van der Waals surface area (Å²) >= 11 is 6.19. The highest BCUT2D eigenvalue weighted by Gasteiger charge is 2.20. The first-order valence-corrected chi connectivity index (χ1v) is 9.02. The maximum atomic E-state index is 11.9. The van der Waals surface area contributed by atoms with Gasteiger partial charge in [0, 0.05) is 12.8 Å². The highest BCUT2D eigenvalue weighted by molar-refractivity contribution is 7.91. The molecule has 1 atom stereocenters. The predicted octanol–water partition coefficient (Wildman–Crippen LogP) is 3.54. The fraction of sp³-hybridized carbons (Fsp3) is 0.500. The van der Waals surface area contributed by atoms with Crippen molar-refractivity contribution < 1.29 is 8.42 Å². The number of hydrogen-bond donors (Lipinski definition) is 0. The lowest BCUT2D eigenvalue weighted by Gasteiger charge is -2.09. The summed E-state index contributed by atoms with van der Waals surface area (Å²) in [6.45, 7) is 4.77. The number of fused-ring (bicyclic) bond motifs is 1. The predicted molar refractivity (Wildman–Crippen MR) is 82.0 cm³/mol. The number of nitrogens with zero attached hydrogens (tertiary/aromatic N) is 2. The van der Waals surface area contributed by atoms with Gasteiger partial charge in [-0.2, -0.15) is 0 Å². The molecule has 0 N–H and O–H groups in total. The number of unbranched alkanes of at least 4 members (excludes halogenated alkanes) is 1. The van der Waals surface area contributed by atoms with Crippen molar-refractivity contribution in [2.24, 2.45) is 0 Å². The van der Waals surface area contributed by atoms with Crippen LogP contribution in [0.2, 0.25) is 0 Å². The Morgan fingerprint density at radius 2 is 2.10 bits per heavy atom. The number of alkyl halides is 1. The van der Waals surface area contributed by atoms with Crippen molar-refractivity contribution in [3.63, 3.8) is 0 Å². The van der Waals surface area contributed by atoms with Crippen molar-refractivity contribution in [2.45, 2.75) is 43.5 Å². The first-order chi connectivity index (χ1) is 9.36. The van der Waals surface area contributed by atoms with Gasteiger partial charge in [0.25, 0.3) is 0 Å². The molecule has 20 heavy (non-hydrogen) atoms. The van der Waals surface area contributed by atoms with Gasteiger partial charge in [0.05, 0.1) is 15.8 Å². The van der Waals surface area contributed by atoms with Crippen LogP contribution < -0.4 is 0 Å². The average molecular weight is 315 g/mol. The van der Waals surface area contributed by atoms with Crippen molar-refractivity contribution in [1.29, 1.82) is 0 Å². The van der Waals surface area contributed by atoms with Crippen LogP contribution >= 0.6 is 11.6 Å². The molecule has 110 valence electrons. The Morgan fingerprint density at radius 1 is 1.40 bits per heavy atom. The Bertz CT molecular complexity index is 720. The average Bonchev–Trinajstić information content (AvgIpc) is 2.73. The SMILES string of the molecule is CCCCn1c(C(C)Cl)nc2c(S(C)(=O)=O)cccc21. The van der Waals surface area contributed by atoms with Crippen LogP contribution in [0.25, 0.3) is 11.0 Å². The second-order valence-corrected chi connectivity index (χ2v) is 7.63. The van der Waals surface area contributed by atoms with Crippen molar-refractivity contribution in [2.75, 3.05) is 6.26 Å². The normalized spacial score (nSPS) is 13.8. The van der Waals surface area contributed by atoms with Crippen LogP contribution in [-0.4, -0.2) is 24.2 Å². The van der Waals surface area contributed by atoms with E-state index in [9.17, 15) is 8.42 Å². The molecule has 0 amide bonds. The number of sulfone groups is 1. The van der Waals surface area contributed by atoms with Crippen molar-refractivity contribution in [3.05, 3.63) is 24.0 Å². The second-order valence-electron chi connectivity index (χ2n) is 4.99. The molecule has 0 bridgehead atoms. The van der Waals surface area contributed by atoms with Gasteiger partial charge < -0.3 is 4.57 Å². The standard InChI is InChI=1S/C14H19ClN2O2S/c1-4-5-9-17-11-7-6-8-12(20(3,18)19)13(11)16-14(17)10(2)15/h6-8,10H,4-5,9H2,1-3H3. The van der Waals surface area contributed by atoms with E-state index in [2.05, 4.69) is 11.9 Å². The number of aromatic nitrogens is 2. The number of halogens is 1. The number of rotatable bonds is 5. The van der Waals surface area contributed by atoms with E-state index < -0.39 is 9.84 Å². The molecule has 0 radical (unpaired) electrons. The second kappa shape index (κ2) is 5.74. The molecule has 0 aliphatic rings. The molecule has 0 saturated carbocycles. The summed E-state index contributed by atoms with van der Waals surface area (Å²) in [5.74, 6) is 0.728. The molecule has 0 aliphatic carbocycles. The molecule has 4 nitrogen and oxygen atoms in total. The molecular weight excluding hydrogens is 296 g/mol. The number of hydrogen-bond acceptors (Lipinski definition) is 3. The molecule has 1 aromatic heterocycles. The third-order valence-corrected chi connectivity index (χ3v) is 4.59. The van der Waals surface area contributed by atoms with Crippen LogP contribution in [-0.2, 0) is 16.4 Å². The molecule has 1 unspecified atom stereocenters. The molecule has 0 fully saturated rings. The largest absolute Gasteiger partial charge is 0.327 e. The smallest absolute Gasteiger partial charge is 0.177 e. The Hall–Kier alpha value is -1.07. The summed E-state index contributed by atoms with van der Waals surface area (Å²) in [7, 11) is -3.30. The van der Waals surface area contributed by atoms with Gasteiger partial charge in [-0.3, -0.25) is 0 Å². The van der Waals surface area contributed by atoms with E-state index in [0.717, 1.165) is 30.7 Å². The molecule has 0 aliphatic heterocycles. The Balaban J connectivity index is 2.73. The molecule has 1 aromatic carbocycles. The zero-order chi connectivity index (χ0) is 14.9. The van der Waals surface area contributed by atoms with Crippen LogP contribution in [0, 0.1) is 0 Å². The van der Waals surface area contributed by atoms with Crippen molar-refractivity contribution in [1.82, 2.24) is 9.55 Å². The van der Waals surface area contributed by atoms with Crippen molar-refractivity contribution in [3.8, 4) is 0 Å². The van der Waals surface area contributed by atoms with E-state index >= 15 is 0 Å². The molecule has 0 saturated heterocycles. The maximum Gasteiger partial charge on any atom is 0.177 e. The number of para-hydroxylation sites is 1. The zero-order valence-electron chi connectivity index (χ0n) is 11.9. The molecule has 0 spiro atoms. The minimum Gasteiger partial charge on any atom is -0.327 e. The van der Waals surface area contributed by atoms with E-state index in [1.165, 1.54) is 6.26 Å². The summed E-state index contributed by atoms with van der Waals surface area (Å²) in [6.07, 6.45) is 3.27. The Morgan fingerprint density at radius 3 is 2.65 bits per heavy atom. The fourth-order valence-corrected chi connectivity index (χ4v) is 3.29. The zero-order valence-corrected chi connectivity index (χ0v) is 13.5. The molecular formula is C14H19ClN2O2S. The van der Waals surface area contributed by atoms with Crippen LogP contribution in [0.4, 0.5) is 0 Å². The summed E-state index contributed by atoms with van der Waals surface area (Å²) in [5.41, 5.74) is 1.36. The topological polar surface area (TPSA) is 52.0 Å². The summed E-state index contributed by atoms with van der Waals surface area (Å²) in [5, 5.41) is -0.258. The van der Waals surface area contributed by atoms with Crippen LogP contribution in [0.15, 0.2) is 23.1 Å². The highest BCUT2D eigenvalue weighted by atomic mass is 35.5. The molecule has 6 heteroatoms. The third kappa shape index (κ3) is 2.83. The van der Waals surface area contributed by atoms with E-state index in [0.29, 0.717) is 5.52 Å². The lowest BCUT2D eigenvalue weighted by molar-refractivity contribution is 0.602. The number of aryl methyl sites for hydroxylation is 1. The molecule has 2 aromatic rings. The van der Waals surface area contributed by atoms with E-state index in [4.69, 9.17) is 11.6 Å². The van der Waals surface area contributed by atoms with E-state index in [-0.39, 0.29) is 10.3 Å². The summed E-state index contributed by atoms with van der Waals surface area (Å²) in [4.78, 5) is 4.75. The Labute approximate surface area is 124 Å². The van der Waals surface area contributed by atoms with Gasteiger partial charge in [-0.25, -0.2) is 13.4 Å². The lowest BCUT2D eigenvalue weighted by atomic mass is 10.3. The van der Waals surface area contributed by atoms with Gasteiger partial charge in [0.2, 0.25) is 0 Å².